The van der Waals surface area contributed by atoms with Crippen molar-refractivity contribution in [3.05, 3.63) is 77.4 Å². The Kier molecular flexibility index (Phi) is 8.32. The van der Waals surface area contributed by atoms with Crippen LogP contribution in [0.5, 0.6) is 0 Å². The number of hydrogen-bond acceptors (Lipinski definition) is 6. The maximum atomic E-state index is 13.6. The second kappa shape index (κ2) is 11.7. The summed E-state index contributed by atoms with van der Waals surface area (Å²) in [6, 6.07) is 12.3. The van der Waals surface area contributed by atoms with Crippen LogP contribution in [0, 0.1) is 5.82 Å². The molecule has 0 bridgehead atoms. The number of nitrogens with zero attached hydrogens (tertiary/aromatic N) is 3. The summed E-state index contributed by atoms with van der Waals surface area (Å²) in [7, 11) is 0. The fourth-order valence-electron chi connectivity index (χ4n) is 4.48. The molecule has 10 heteroatoms. The Balaban J connectivity index is 1.57. The van der Waals surface area contributed by atoms with Gasteiger partial charge in [0.05, 0.1) is 35.3 Å². The second-order valence-electron chi connectivity index (χ2n) is 10.3. The number of ether oxygens (including phenoxy) is 2. The van der Waals surface area contributed by atoms with Crippen LogP contribution < -0.4 is 5.32 Å². The molecule has 0 atom stereocenters. The van der Waals surface area contributed by atoms with Crippen molar-refractivity contribution in [2.75, 3.05) is 25.0 Å². The van der Waals surface area contributed by atoms with Crippen LogP contribution in [-0.4, -0.2) is 57.9 Å². The average molecular weight is 537 g/mol. The molecule has 39 heavy (non-hydrogen) atoms. The number of aromatic nitrogens is 2. The number of hydrogen-bond donors (Lipinski definition) is 1. The zero-order chi connectivity index (χ0) is 28.2. The first-order valence-corrected chi connectivity index (χ1v) is 13.0. The maximum Gasteiger partial charge on any atom is 0.410 e. The molecule has 3 aromatic rings. The second-order valence-corrected chi connectivity index (χ2v) is 10.3. The Morgan fingerprint density at radius 2 is 1.67 bits per heavy atom. The summed E-state index contributed by atoms with van der Waals surface area (Å²) >= 11 is 0. The van der Waals surface area contributed by atoms with Gasteiger partial charge in [0.1, 0.15) is 11.4 Å². The predicted octanol–water partition coefficient (Wildman–Crippen LogP) is 5.55. The van der Waals surface area contributed by atoms with Crippen molar-refractivity contribution in [1.82, 2.24) is 14.7 Å². The van der Waals surface area contributed by atoms with E-state index in [-0.39, 0.29) is 30.3 Å². The smallest absolute Gasteiger partial charge is 0.410 e. The van der Waals surface area contributed by atoms with Gasteiger partial charge in [0.15, 0.2) is 0 Å². The quantitative estimate of drug-likeness (QED) is 0.414. The van der Waals surface area contributed by atoms with Gasteiger partial charge in [-0.15, -0.1) is 0 Å². The molecular formula is C29H33FN4O5. The number of carbonyl (C=O) groups excluding carboxylic acids is 3. The van der Waals surface area contributed by atoms with Gasteiger partial charge in [0.25, 0.3) is 5.91 Å². The third-order valence-corrected chi connectivity index (χ3v) is 6.31. The summed E-state index contributed by atoms with van der Waals surface area (Å²) in [5, 5.41) is 7.35. The van der Waals surface area contributed by atoms with Gasteiger partial charge in [-0.2, -0.15) is 5.10 Å². The Morgan fingerprint density at radius 1 is 1.03 bits per heavy atom. The number of benzene rings is 2. The van der Waals surface area contributed by atoms with E-state index in [2.05, 4.69) is 10.4 Å². The van der Waals surface area contributed by atoms with Crippen LogP contribution in [0.2, 0.25) is 0 Å². The van der Waals surface area contributed by atoms with Gasteiger partial charge in [0, 0.05) is 24.7 Å². The number of rotatable bonds is 6. The van der Waals surface area contributed by atoms with E-state index < -0.39 is 11.6 Å². The number of halogens is 1. The van der Waals surface area contributed by atoms with Crippen molar-refractivity contribution < 1.29 is 28.2 Å². The molecule has 1 fully saturated rings. The molecule has 206 valence electrons. The number of nitrogens with one attached hydrogen (secondary N) is 1. The molecule has 0 aliphatic carbocycles. The van der Waals surface area contributed by atoms with Crippen LogP contribution in [0.25, 0.3) is 5.69 Å². The maximum absolute atomic E-state index is 13.6. The van der Waals surface area contributed by atoms with E-state index in [1.165, 1.54) is 18.3 Å². The minimum absolute atomic E-state index is 0.0804. The van der Waals surface area contributed by atoms with E-state index in [9.17, 15) is 18.8 Å². The van der Waals surface area contributed by atoms with Crippen molar-refractivity contribution in [3.63, 3.8) is 0 Å². The third kappa shape index (κ3) is 6.81. The molecule has 1 aliphatic rings. The number of amides is 2. The van der Waals surface area contributed by atoms with Crippen LogP contribution in [0.15, 0.2) is 54.7 Å². The van der Waals surface area contributed by atoms with Gasteiger partial charge in [-0.25, -0.2) is 18.7 Å². The van der Waals surface area contributed by atoms with E-state index in [4.69, 9.17) is 9.47 Å². The predicted molar refractivity (Wildman–Crippen MR) is 144 cm³/mol. The molecule has 0 spiro atoms. The van der Waals surface area contributed by atoms with E-state index in [0.29, 0.717) is 54.1 Å². The van der Waals surface area contributed by atoms with Crippen molar-refractivity contribution in [1.29, 1.82) is 0 Å². The standard InChI is InChI=1S/C29H33FN4O5/c1-5-38-27(36)20-6-10-22(11-7-20)32-26(35)24-18-31-34(23-12-8-21(30)9-13-23)25(24)19-14-16-33(17-15-19)28(37)39-29(2,3)4/h6-13,18-19H,5,14-17H2,1-4H3,(H,32,35). The van der Waals surface area contributed by atoms with Crippen LogP contribution >= 0.6 is 0 Å². The van der Waals surface area contributed by atoms with E-state index in [1.54, 1.807) is 52.9 Å². The zero-order valence-corrected chi connectivity index (χ0v) is 22.6. The molecule has 4 rings (SSSR count). The van der Waals surface area contributed by atoms with Crippen molar-refractivity contribution in [3.8, 4) is 5.69 Å². The van der Waals surface area contributed by atoms with E-state index in [1.807, 2.05) is 20.8 Å². The number of piperidine rings is 1. The van der Waals surface area contributed by atoms with Crippen LogP contribution in [0.1, 0.15) is 72.9 Å². The number of likely N-dealkylation sites (tertiary alicyclic amines) is 1. The van der Waals surface area contributed by atoms with Gasteiger partial charge < -0.3 is 19.7 Å². The minimum Gasteiger partial charge on any atom is -0.462 e. The first kappa shape index (κ1) is 27.8. The highest BCUT2D eigenvalue weighted by atomic mass is 19.1. The summed E-state index contributed by atoms with van der Waals surface area (Å²) < 4.78 is 25.8. The molecule has 0 radical (unpaired) electrons. The first-order chi connectivity index (χ1) is 18.6. The Labute approximate surface area is 226 Å². The van der Waals surface area contributed by atoms with Crippen LogP contribution in [0.3, 0.4) is 0 Å². The minimum atomic E-state index is -0.588. The molecule has 1 aliphatic heterocycles. The first-order valence-electron chi connectivity index (χ1n) is 13.0. The number of esters is 1. The average Bonchev–Trinajstić information content (AvgIpc) is 3.34. The Bertz CT molecular complexity index is 1320. The third-order valence-electron chi connectivity index (χ3n) is 6.31. The lowest BCUT2D eigenvalue weighted by Gasteiger charge is -2.34. The molecule has 0 unspecified atom stereocenters. The lowest BCUT2D eigenvalue weighted by atomic mass is 9.90. The molecule has 2 aromatic carbocycles. The molecule has 2 amide bonds. The van der Waals surface area contributed by atoms with Gasteiger partial charge in [-0.3, -0.25) is 4.79 Å². The highest BCUT2D eigenvalue weighted by Crippen LogP contribution is 2.33. The molecule has 1 aromatic heterocycles. The molecule has 1 N–H and O–H groups in total. The van der Waals surface area contributed by atoms with Crippen LogP contribution in [0.4, 0.5) is 14.9 Å². The summed E-state index contributed by atoms with van der Waals surface area (Å²) in [5.41, 5.74) is 1.99. The van der Waals surface area contributed by atoms with Gasteiger partial charge in [-0.05, 0) is 89.1 Å². The molecular weight excluding hydrogens is 503 g/mol. The molecule has 1 saturated heterocycles. The zero-order valence-electron chi connectivity index (χ0n) is 22.6. The Morgan fingerprint density at radius 3 is 2.26 bits per heavy atom. The fraction of sp³-hybridized carbons (Fsp3) is 0.379. The molecule has 0 saturated carbocycles. The summed E-state index contributed by atoms with van der Waals surface area (Å²) in [6.07, 6.45) is 2.33. The summed E-state index contributed by atoms with van der Waals surface area (Å²) in [6.45, 7) is 8.41. The lowest BCUT2D eigenvalue weighted by Crippen LogP contribution is -2.41. The summed E-state index contributed by atoms with van der Waals surface area (Å²) in [5.74, 6) is -1.25. The van der Waals surface area contributed by atoms with Gasteiger partial charge in [-0.1, -0.05) is 0 Å². The largest absolute Gasteiger partial charge is 0.462 e. The highest BCUT2D eigenvalue weighted by molar-refractivity contribution is 6.05. The van der Waals surface area contributed by atoms with Gasteiger partial charge >= 0.3 is 12.1 Å². The Hall–Kier alpha value is -4.21. The van der Waals surface area contributed by atoms with E-state index in [0.717, 1.165) is 0 Å². The van der Waals surface area contributed by atoms with E-state index >= 15 is 0 Å². The SMILES string of the molecule is CCOC(=O)c1ccc(NC(=O)c2cnn(-c3ccc(F)cc3)c2C2CCN(C(=O)OC(C)(C)C)CC2)cc1. The monoisotopic (exact) mass is 536 g/mol. The lowest BCUT2D eigenvalue weighted by molar-refractivity contribution is 0.0203. The fourth-order valence-corrected chi connectivity index (χ4v) is 4.48. The number of anilines is 1. The highest BCUT2D eigenvalue weighted by Gasteiger charge is 2.32. The summed E-state index contributed by atoms with van der Waals surface area (Å²) in [4.78, 5) is 39.6. The van der Waals surface area contributed by atoms with Crippen molar-refractivity contribution >= 4 is 23.7 Å². The topological polar surface area (TPSA) is 103 Å². The van der Waals surface area contributed by atoms with Crippen molar-refractivity contribution in [2.45, 2.75) is 52.1 Å². The normalized spacial score (nSPS) is 14.1. The number of carbonyl (C=O) groups is 3. The molecule has 2 heterocycles. The molecule has 9 nitrogen and oxygen atoms in total. The van der Waals surface area contributed by atoms with Crippen LogP contribution in [-0.2, 0) is 9.47 Å². The van der Waals surface area contributed by atoms with Gasteiger partial charge in [0.2, 0.25) is 0 Å². The van der Waals surface area contributed by atoms with Crippen molar-refractivity contribution in [2.24, 2.45) is 0 Å².